The predicted octanol–water partition coefficient (Wildman–Crippen LogP) is 5.05. The summed E-state index contributed by atoms with van der Waals surface area (Å²) in [5.74, 6) is 0.137. The Morgan fingerprint density at radius 2 is 1.77 bits per heavy atom. The van der Waals surface area contributed by atoms with Gasteiger partial charge >= 0.3 is 0 Å². The first-order valence-electron chi connectivity index (χ1n) is 9.84. The van der Waals surface area contributed by atoms with Crippen molar-refractivity contribution in [2.24, 2.45) is 0 Å². The molecule has 2 amide bonds. The van der Waals surface area contributed by atoms with E-state index < -0.39 is 11.6 Å². The zero-order chi connectivity index (χ0) is 22.3. The van der Waals surface area contributed by atoms with E-state index >= 15 is 0 Å². The zero-order valence-corrected chi connectivity index (χ0v) is 20.7. The molecule has 0 unspecified atom stereocenters. The first kappa shape index (κ1) is 24.5. The molecule has 1 atom stereocenters. The van der Waals surface area contributed by atoms with Gasteiger partial charge in [-0.25, -0.2) is 0 Å². The number of rotatable bonds is 8. The van der Waals surface area contributed by atoms with Crippen molar-refractivity contribution in [2.75, 3.05) is 6.61 Å². The van der Waals surface area contributed by atoms with E-state index in [-0.39, 0.29) is 25.0 Å². The molecule has 0 aliphatic carbocycles. The number of amides is 2. The smallest absolute Gasteiger partial charge is 0.261 e. The molecule has 0 aromatic heterocycles. The van der Waals surface area contributed by atoms with E-state index in [4.69, 9.17) is 16.3 Å². The van der Waals surface area contributed by atoms with Gasteiger partial charge in [0.25, 0.3) is 5.91 Å². The number of benzene rings is 2. The molecule has 0 bridgehead atoms. The molecule has 2 aromatic carbocycles. The Balaban J connectivity index is 2.24. The third-order valence-corrected chi connectivity index (χ3v) is 5.45. The van der Waals surface area contributed by atoms with Crippen LogP contribution in [0.4, 0.5) is 0 Å². The van der Waals surface area contributed by atoms with Crippen molar-refractivity contribution in [3.05, 3.63) is 62.7 Å². The molecule has 2 rings (SSSR count). The lowest BCUT2D eigenvalue weighted by Gasteiger charge is -2.33. The van der Waals surface area contributed by atoms with E-state index in [0.29, 0.717) is 17.2 Å². The zero-order valence-electron chi connectivity index (χ0n) is 17.7. The Bertz CT molecular complexity index is 865. The highest BCUT2D eigenvalue weighted by atomic mass is 127. The van der Waals surface area contributed by atoms with Gasteiger partial charge in [-0.2, -0.15) is 0 Å². The van der Waals surface area contributed by atoms with E-state index in [1.165, 1.54) is 0 Å². The fourth-order valence-electron chi connectivity index (χ4n) is 2.94. The van der Waals surface area contributed by atoms with Crippen LogP contribution in [0.15, 0.2) is 48.5 Å². The largest absolute Gasteiger partial charge is 0.484 e. The van der Waals surface area contributed by atoms with Crippen LogP contribution in [0.5, 0.6) is 5.75 Å². The van der Waals surface area contributed by atoms with Crippen LogP contribution in [-0.4, -0.2) is 34.9 Å². The average Bonchev–Trinajstić information content (AvgIpc) is 2.67. The fourth-order valence-corrected chi connectivity index (χ4v) is 3.50. The van der Waals surface area contributed by atoms with Crippen molar-refractivity contribution in [1.29, 1.82) is 0 Å². The van der Waals surface area contributed by atoms with Crippen molar-refractivity contribution < 1.29 is 14.3 Å². The molecule has 0 heterocycles. The third-order valence-electron chi connectivity index (χ3n) is 4.36. The molecule has 1 N–H and O–H groups in total. The second-order valence-corrected chi connectivity index (χ2v) is 9.67. The van der Waals surface area contributed by atoms with Crippen molar-refractivity contribution in [2.45, 2.75) is 52.2 Å². The lowest BCUT2D eigenvalue weighted by atomic mass is 10.1. The number of nitrogens with zero attached hydrogens (tertiary/aromatic N) is 1. The lowest BCUT2D eigenvalue weighted by Crippen LogP contribution is -2.54. The van der Waals surface area contributed by atoms with E-state index in [1.54, 1.807) is 11.0 Å². The number of carbonyl (C=O) groups is 2. The van der Waals surface area contributed by atoms with Crippen LogP contribution < -0.4 is 10.1 Å². The molecule has 0 aliphatic heterocycles. The number of hydrogen-bond acceptors (Lipinski definition) is 3. The normalized spacial score (nSPS) is 12.2. The Morgan fingerprint density at radius 3 is 2.33 bits per heavy atom. The topological polar surface area (TPSA) is 58.6 Å². The van der Waals surface area contributed by atoms with Crippen LogP contribution in [0.25, 0.3) is 0 Å². The summed E-state index contributed by atoms with van der Waals surface area (Å²) in [5, 5.41) is 3.53. The van der Waals surface area contributed by atoms with Gasteiger partial charge in [-0.3, -0.25) is 9.59 Å². The highest BCUT2D eigenvalue weighted by molar-refractivity contribution is 14.1. The minimum Gasteiger partial charge on any atom is -0.484 e. The summed E-state index contributed by atoms with van der Waals surface area (Å²) in [6.45, 7) is 7.70. The predicted molar refractivity (Wildman–Crippen MR) is 129 cm³/mol. The Labute approximate surface area is 197 Å². The minimum atomic E-state index is -0.631. The van der Waals surface area contributed by atoms with Crippen molar-refractivity contribution in [1.82, 2.24) is 10.2 Å². The fraction of sp³-hybridized carbons (Fsp3) is 0.391. The Morgan fingerprint density at radius 1 is 1.13 bits per heavy atom. The van der Waals surface area contributed by atoms with Crippen LogP contribution in [0.2, 0.25) is 5.02 Å². The Kier molecular flexibility index (Phi) is 8.97. The van der Waals surface area contributed by atoms with Gasteiger partial charge in [-0.1, -0.05) is 36.7 Å². The van der Waals surface area contributed by atoms with Crippen LogP contribution >= 0.6 is 34.2 Å². The van der Waals surface area contributed by atoms with E-state index in [0.717, 1.165) is 9.13 Å². The van der Waals surface area contributed by atoms with Gasteiger partial charge in [0.1, 0.15) is 11.8 Å². The molecule has 0 saturated heterocycles. The molecule has 30 heavy (non-hydrogen) atoms. The molecule has 162 valence electrons. The molecule has 0 fully saturated rings. The van der Waals surface area contributed by atoms with Crippen LogP contribution in [0.1, 0.15) is 39.7 Å². The summed E-state index contributed by atoms with van der Waals surface area (Å²) in [6.07, 6.45) is 0.474. The molecule has 7 heteroatoms. The number of carbonyl (C=O) groups excluding carboxylic acids is 2. The molecule has 0 saturated carbocycles. The summed E-state index contributed by atoms with van der Waals surface area (Å²) in [7, 11) is 0. The van der Waals surface area contributed by atoms with Gasteiger partial charge in [-0.15, -0.1) is 0 Å². The van der Waals surface area contributed by atoms with Gasteiger partial charge in [0.2, 0.25) is 5.91 Å². The maximum absolute atomic E-state index is 13.1. The van der Waals surface area contributed by atoms with Gasteiger partial charge in [-0.05, 0) is 85.7 Å². The second kappa shape index (κ2) is 11.0. The van der Waals surface area contributed by atoms with Crippen LogP contribution in [0, 0.1) is 3.57 Å². The third kappa shape index (κ3) is 7.47. The maximum Gasteiger partial charge on any atom is 0.261 e. The lowest BCUT2D eigenvalue weighted by molar-refractivity contribution is -0.143. The number of ether oxygens (including phenoxy) is 1. The SMILES string of the molecule is CC[C@H](C(=O)NC(C)(C)C)N(Cc1ccccc1Cl)C(=O)COc1ccc(I)cc1. The molecular formula is C23H28ClIN2O3. The summed E-state index contributed by atoms with van der Waals surface area (Å²) < 4.78 is 6.77. The highest BCUT2D eigenvalue weighted by Gasteiger charge is 2.31. The monoisotopic (exact) mass is 542 g/mol. The van der Waals surface area contributed by atoms with Crippen molar-refractivity contribution in [3.8, 4) is 5.75 Å². The van der Waals surface area contributed by atoms with Crippen LogP contribution in [-0.2, 0) is 16.1 Å². The Hall–Kier alpha value is -1.80. The van der Waals surface area contributed by atoms with Gasteiger partial charge < -0.3 is 15.0 Å². The summed E-state index contributed by atoms with van der Waals surface area (Å²) in [6, 6.07) is 14.2. The van der Waals surface area contributed by atoms with E-state index in [2.05, 4.69) is 27.9 Å². The summed E-state index contributed by atoms with van der Waals surface area (Å²) >= 11 is 8.53. The molecule has 2 aromatic rings. The van der Waals surface area contributed by atoms with Crippen LogP contribution in [0.3, 0.4) is 0 Å². The first-order chi connectivity index (χ1) is 14.1. The molecule has 0 radical (unpaired) electrons. The molecule has 0 aliphatic rings. The van der Waals surface area contributed by atoms with Crippen molar-refractivity contribution >= 4 is 46.0 Å². The molecular weight excluding hydrogens is 515 g/mol. The molecule has 0 spiro atoms. The van der Waals surface area contributed by atoms with Gasteiger partial charge in [0.15, 0.2) is 6.61 Å². The number of halogens is 2. The van der Waals surface area contributed by atoms with Crippen molar-refractivity contribution in [3.63, 3.8) is 0 Å². The number of nitrogens with one attached hydrogen (secondary N) is 1. The second-order valence-electron chi connectivity index (χ2n) is 8.02. The quantitative estimate of drug-likeness (QED) is 0.475. The minimum absolute atomic E-state index is 0.162. The first-order valence-corrected chi connectivity index (χ1v) is 11.3. The average molecular weight is 543 g/mol. The van der Waals surface area contributed by atoms with Gasteiger partial charge in [0, 0.05) is 20.7 Å². The molecule has 5 nitrogen and oxygen atoms in total. The maximum atomic E-state index is 13.1. The standard InChI is InChI=1S/C23H28ClIN2O3/c1-5-20(22(29)26-23(2,3)4)27(14-16-8-6-7-9-19(16)24)21(28)15-30-18-12-10-17(25)11-13-18/h6-13,20H,5,14-15H2,1-4H3,(H,26,29)/t20-/m1/s1. The van der Waals surface area contributed by atoms with E-state index in [9.17, 15) is 9.59 Å². The van der Waals surface area contributed by atoms with E-state index in [1.807, 2.05) is 70.2 Å². The van der Waals surface area contributed by atoms with Gasteiger partial charge in [0.05, 0.1) is 0 Å². The summed E-state index contributed by atoms with van der Waals surface area (Å²) in [4.78, 5) is 27.6. The highest BCUT2D eigenvalue weighted by Crippen LogP contribution is 2.21. The summed E-state index contributed by atoms with van der Waals surface area (Å²) in [5.41, 5.74) is 0.380. The number of hydrogen-bond donors (Lipinski definition) is 1.